The number of carbonyl (C=O) groups excluding carboxylic acids is 1. The predicted octanol–water partition coefficient (Wildman–Crippen LogP) is 4.98. The first kappa shape index (κ1) is 18.7. The second-order valence-corrected chi connectivity index (χ2v) is 7.07. The molecule has 1 amide bonds. The lowest BCUT2D eigenvalue weighted by Gasteiger charge is -2.15. The summed E-state index contributed by atoms with van der Waals surface area (Å²) >= 11 is 13.4. The molecule has 1 atom stereocenters. The highest BCUT2D eigenvalue weighted by Crippen LogP contribution is 2.25. The topological polar surface area (TPSA) is 52.9 Å². The number of hydrogen-bond acceptors (Lipinski definition) is 3. The van der Waals surface area contributed by atoms with Crippen LogP contribution in [0.2, 0.25) is 10.0 Å². The fraction of sp³-hybridized carbons (Fsp3) is 0.222. The number of nitrogens with zero attached hydrogens (tertiary/aromatic N) is 1. The highest BCUT2D eigenvalue weighted by molar-refractivity contribution is 7.99. The first-order valence-corrected chi connectivity index (χ1v) is 9.21. The fourth-order valence-electron chi connectivity index (χ4n) is 2.14. The van der Waals surface area contributed by atoms with Gasteiger partial charge < -0.3 is 5.32 Å². The number of benzene rings is 2. The summed E-state index contributed by atoms with van der Waals surface area (Å²) in [5.74, 6) is 0.988. The maximum atomic E-state index is 12.0. The van der Waals surface area contributed by atoms with Gasteiger partial charge in [-0.3, -0.25) is 4.79 Å². The molecule has 0 saturated carbocycles. The SMILES string of the molecule is C[C@@H](NC(=O)CSCc1cccc(C#N)c1)c1ccc(Cl)c(Cl)c1. The zero-order chi connectivity index (χ0) is 17.5. The van der Waals surface area contributed by atoms with Gasteiger partial charge in [-0.2, -0.15) is 5.26 Å². The third kappa shape index (κ3) is 5.45. The summed E-state index contributed by atoms with van der Waals surface area (Å²) in [5, 5.41) is 12.8. The summed E-state index contributed by atoms with van der Waals surface area (Å²) in [6.07, 6.45) is 0. The molecular weight excluding hydrogens is 363 g/mol. The van der Waals surface area contributed by atoms with Crippen molar-refractivity contribution in [1.29, 1.82) is 5.26 Å². The van der Waals surface area contributed by atoms with Gasteiger partial charge in [0.05, 0.1) is 33.5 Å². The molecule has 0 radical (unpaired) electrons. The van der Waals surface area contributed by atoms with Crippen LogP contribution in [0.25, 0.3) is 0 Å². The van der Waals surface area contributed by atoms with Crippen molar-refractivity contribution < 1.29 is 4.79 Å². The second-order valence-electron chi connectivity index (χ2n) is 5.27. The normalized spacial score (nSPS) is 11.6. The third-order valence-corrected chi connectivity index (χ3v) is 5.12. The molecule has 2 aromatic carbocycles. The van der Waals surface area contributed by atoms with Crippen molar-refractivity contribution in [3.05, 3.63) is 69.2 Å². The highest BCUT2D eigenvalue weighted by atomic mass is 35.5. The van der Waals surface area contributed by atoms with E-state index in [-0.39, 0.29) is 11.9 Å². The number of thioether (sulfide) groups is 1. The van der Waals surface area contributed by atoms with Crippen LogP contribution in [0.15, 0.2) is 42.5 Å². The van der Waals surface area contributed by atoms with Gasteiger partial charge in [-0.05, 0) is 42.3 Å². The lowest BCUT2D eigenvalue weighted by Crippen LogP contribution is -2.28. The maximum Gasteiger partial charge on any atom is 0.230 e. The molecule has 6 heteroatoms. The summed E-state index contributed by atoms with van der Waals surface area (Å²) in [7, 11) is 0. The molecule has 0 saturated heterocycles. The molecule has 1 N–H and O–H groups in total. The molecule has 0 heterocycles. The number of nitriles is 1. The molecule has 0 aromatic heterocycles. The van der Waals surface area contributed by atoms with Crippen LogP contribution in [0.4, 0.5) is 0 Å². The molecular formula is C18H16Cl2N2OS. The number of nitrogens with one attached hydrogen (secondary N) is 1. The largest absolute Gasteiger partial charge is 0.349 e. The second kappa shape index (κ2) is 8.98. The van der Waals surface area contributed by atoms with Gasteiger partial charge in [-0.25, -0.2) is 0 Å². The van der Waals surface area contributed by atoms with Gasteiger partial charge in [0.2, 0.25) is 5.91 Å². The van der Waals surface area contributed by atoms with Crippen LogP contribution in [0.5, 0.6) is 0 Å². The van der Waals surface area contributed by atoms with E-state index in [4.69, 9.17) is 28.5 Å². The molecule has 3 nitrogen and oxygen atoms in total. The Balaban J connectivity index is 1.82. The molecule has 0 aliphatic rings. The van der Waals surface area contributed by atoms with E-state index in [0.717, 1.165) is 11.1 Å². The number of rotatable bonds is 6. The van der Waals surface area contributed by atoms with E-state index in [0.29, 0.717) is 27.1 Å². The Morgan fingerprint density at radius 2 is 2.04 bits per heavy atom. The molecule has 0 aliphatic heterocycles. The van der Waals surface area contributed by atoms with Crippen LogP contribution in [-0.4, -0.2) is 11.7 Å². The van der Waals surface area contributed by atoms with Gasteiger partial charge in [-0.1, -0.05) is 41.4 Å². The first-order valence-electron chi connectivity index (χ1n) is 7.30. The summed E-state index contributed by atoms with van der Waals surface area (Å²) in [4.78, 5) is 12.0. The summed E-state index contributed by atoms with van der Waals surface area (Å²) in [5.41, 5.74) is 2.57. The Kier molecular flexibility index (Phi) is 6.99. The van der Waals surface area contributed by atoms with E-state index < -0.39 is 0 Å². The minimum absolute atomic E-state index is 0.0463. The van der Waals surface area contributed by atoms with Gasteiger partial charge in [-0.15, -0.1) is 11.8 Å². The van der Waals surface area contributed by atoms with E-state index in [2.05, 4.69) is 11.4 Å². The Morgan fingerprint density at radius 3 is 2.75 bits per heavy atom. The Morgan fingerprint density at radius 1 is 1.25 bits per heavy atom. The molecule has 0 aliphatic carbocycles. The van der Waals surface area contributed by atoms with Crippen molar-refractivity contribution in [2.75, 3.05) is 5.75 Å². The van der Waals surface area contributed by atoms with Crippen LogP contribution < -0.4 is 5.32 Å². The van der Waals surface area contributed by atoms with E-state index in [1.54, 1.807) is 18.2 Å². The molecule has 0 unspecified atom stereocenters. The summed E-state index contributed by atoms with van der Waals surface area (Å²) in [6, 6.07) is 14.7. The van der Waals surface area contributed by atoms with Crippen LogP contribution in [-0.2, 0) is 10.5 Å². The third-order valence-electron chi connectivity index (χ3n) is 3.38. The van der Waals surface area contributed by atoms with Crippen molar-refractivity contribution in [1.82, 2.24) is 5.32 Å². The lowest BCUT2D eigenvalue weighted by molar-refractivity contribution is -0.119. The lowest BCUT2D eigenvalue weighted by atomic mass is 10.1. The van der Waals surface area contributed by atoms with Gasteiger partial charge >= 0.3 is 0 Å². The fourth-order valence-corrected chi connectivity index (χ4v) is 3.23. The number of amides is 1. The molecule has 0 bridgehead atoms. The monoisotopic (exact) mass is 378 g/mol. The number of halogens is 2. The van der Waals surface area contributed by atoms with Crippen molar-refractivity contribution in [2.24, 2.45) is 0 Å². The highest BCUT2D eigenvalue weighted by Gasteiger charge is 2.11. The van der Waals surface area contributed by atoms with Crippen LogP contribution in [0.3, 0.4) is 0 Å². The van der Waals surface area contributed by atoms with Gasteiger partial charge in [0.25, 0.3) is 0 Å². The molecule has 124 valence electrons. The molecule has 0 spiro atoms. The van der Waals surface area contributed by atoms with E-state index in [9.17, 15) is 4.79 Å². The van der Waals surface area contributed by atoms with E-state index in [1.165, 1.54) is 11.8 Å². The maximum absolute atomic E-state index is 12.0. The summed E-state index contributed by atoms with van der Waals surface area (Å²) < 4.78 is 0. The first-order chi connectivity index (χ1) is 11.5. The Bertz CT molecular complexity index is 774. The van der Waals surface area contributed by atoms with Gasteiger partial charge in [0, 0.05) is 5.75 Å². The average Bonchev–Trinajstić information content (AvgIpc) is 2.57. The minimum Gasteiger partial charge on any atom is -0.349 e. The van der Waals surface area contributed by atoms with Crippen molar-refractivity contribution in [2.45, 2.75) is 18.7 Å². The molecule has 2 rings (SSSR count). The van der Waals surface area contributed by atoms with Crippen molar-refractivity contribution in [3.63, 3.8) is 0 Å². The smallest absolute Gasteiger partial charge is 0.230 e. The van der Waals surface area contributed by atoms with E-state index >= 15 is 0 Å². The van der Waals surface area contributed by atoms with Gasteiger partial charge in [0.1, 0.15) is 0 Å². The zero-order valence-corrected chi connectivity index (χ0v) is 15.4. The number of hydrogen-bond donors (Lipinski definition) is 1. The Hall–Kier alpha value is -1.67. The van der Waals surface area contributed by atoms with Crippen LogP contribution in [0.1, 0.15) is 29.7 Å². The quantitative estimate of drug-likeness (QED) is 0.771. The van der Waals surface area contributed by atoms with Gasteiger partial charge in [0.15, 0.2) is 0 Å². The predicted molar refractivity (Wildman–Crippen MR) is 100 cm³/mol. The Labute approximate surface area is 156 Å². The molecule has 24 heavy (non-hydrogen) atoms. The van der Waals surface area contributed by atoms with Crippen LogP contribution in [0, 0.1) is 11.3 Å². The minimum atomic E-state index is -0.144. The van der Waals surface area contributed by atoms with Crippen LogP contribution >= 0.6 is 35.0 Å². The molecule has 2 aromatic rings. The zero-order valence-electron chi connectivity index (χ0n) is 13.1. The standard InChI is InChI=1S/C18H16Cl2N2OS/c1-12(15-5-6-16(19)17(20)8-15)22-18(23)11-24-10-14-4-2-3-13(7-14)9-21/h2-8,12H,10-11H2,1H3,(H,22,23)/t12-/m1/s1. The van der Waals surface area contributed by atoms with Crippen molar-refractivity contribution in [3.8, 4) is 6.07 Å². The molecule has 0 fully saturated rings. The average molecular weight is 379 g/mol. The van der Waals surface area contributed by atoms with Crippen molar-refractivity contribution >= 4 is 40.9 Å². The van der Waals surface area contributed by atoms with E-state index in [1.807, 2.05) is 31.2 Å². The number of carbonyl (C=O) groups is 1. The summed E-state index contributed by atoms with van der Waals surface area (Å²) in [6.45, 7) is 1.90.